The van der Waals surface area contributed by atoms with E-state index in [9.17, 15) is 4.79 Å². The average molecular weight is 281 g/mol. The second-order valence-corrected chi connectivity index (χ2v) is 4.11. The van der Waals surface area contributed by atoms with Gasteiger partial charge < -0.3 is 4.74 Å². The van der Waals surface area contributed by atoms with Crippen LogP contribution in [0.5, 0.6) is 0 Å². The number of nitrogens with zero attached hydrogens (tertiary/aromatic N) is 3. The molecule has 5 heteroatoms. The SMILES string of the molecule is C=C(C#N)/C=C\C(=C)N=Nc1ccc(COC(C)=O)cc1. The van der Waals surface area contributed by atoms with Crippen molar-refractivity contribution >= 4 is 11.7 Å². The van der Waals surface area contributed by atoms with Gasteiger partial charge in [-0.3, -0.25) is 4.79 Å². The van der Waals surface area contributed by atoms with Gasteiger partial charge in [-0.05, 0) is 29.8 Å². The molecule has 0 aliphatic rings. The van der Waals surface area contributed by atoms with E-state index in [2.05, 4.69) is 23.4 Å². The first-order chi connectivity index (χ1) is 10.0. The zero-order chi connectivity index (χ0) is 15.7. The summed E-state index contributed by atoms with van der Waals surface area (Å²) in [6.07, 6.45) is 3.08. The topological polar surface area (TPSA) is 74.8 Å². The number of nitriles is 1. The van der Waals surface area contributed by atoms with Crippen molar-refractivity contribution in [3.63, 3.8) is 0 Å². The molecule has 0 heterocycles. The summed E-state index contributed by atoms with van der Waals surface area (Å²) in [5.74, 6) is -0.319. The van der Waals surface area contributed by atoms with Crippen molar-refractivity contribution in [2.45, 2.75) is 13.5 Å². The Hall–Kier alpha value is -3.00. The molecule has 0 unspecified atom stereocenters. The molecule has 1 rings (SSSR count). The molecule has 1 aromatic rings. The van der Waals surface area contributed by atoms with Crippen LogP contribution in [0.3, 0.4) is 0 Å². The summed E-state index contributed by atoms with van der Waals surface area (Å²) in [6.45, 7) is 8.79. The number of benzene rings is 1. The minimum atomic E-state index is -0.319. The Morgan fingerprint density at radius 1 is 1.33 bits per heavy atom. The van der Waals surface area contributed by atoms with Gasteiger partial charge in [-0.1, -0.05) is 25.3 Å². The summed E-state index contributed by atoms with van der Waals surface area (Å²) >= 11 is 0. The van der Waals surface area contributed by atoms with Crippen LogP contribution in [0, 0.1) is 11.3 Å². The number of allylic oxidation sites excluding steroid dienone is 3. The molecule has 0 N–H and O–H groups in total. The van der Waals surface area contributed by atoms with Gasteiger partial charge in [0.25, 0.3) is 0 Å². The van der Waals surface area contributed by atoms with E-state index < -0.39 is 0 Å². The highest BCUT2D eigenvalue weighted by Gasteiger charge is 1.97. The van der Waals surface area contributed by atoms with E-state index in [1.54, 1.807) is 30.3 Å². The quantitative estimate of drug-likeness (QED) is 0.342. The Morgan fingerprint density at radius 2 is 2.00 bits per heavy atom. The number of azo groups is 1. The first-order valence-electron chi connectivity index (χ1n) is 6.11. The molecule has 0 aromatic heterocycles. The van der Waals surface area contributed by atoms with Crippen LogP contribution in [0.1, 0.15) is 12.5 Å². The van der Waals surface area contributed by atoms with Gasteiger partial charge in [0.2, 0.25) is 0 Å². The number of hydrogen-bond acceptors (Lipinski definition) is 5. The van der Waals surface area contributed by atoms with Gasteiger partial charge in [-0.2, -0.15) is 15.5 Å². The highest BCUT2D eigenvalue weighted by molar-refractivity contribution is 5.65. The molecule has 1 aromatic carbocycles. The molecule has 0 bridgehead atoms. The Labute approximate surface area is 123 Å². The van der Waals surface area contributed by atoms with Crippen LogP contribution in [0.15, 0.2) is 71.1 Å². The summed E-state index contributed by atoms with van der Waals surface area (Å²) in [5, 5.41) is 16.5. The third-order valence-corrected chi connectivity index (χ3v) is 2.29. The minimum absolute atomic E-state index is 0.235. The Balaban J connectivity index is 2.59. The largest absolute Gasteiger partial charge is 0.461 e. The maximum Gasteiger partial charge on any atom is 0.302 e. The molecule has 0 spiro atoms. The summed E-state index contributed by atoms with van der Waals surface area (Å²) in [6, 6.07) is 9.00. The fraction of sp³-hybridized carbons (Fsp3) is 0.125. The monoisotopic (exact) mass is 281 g/mol. The molecule has 106 valence electrons. The Morgan fingerprint density at radius 3 is 2.57 bits per heavy atom. The molecule has 0 aliphatic carbocycles. The lowest BCUT2D eigenvalue weighted by atomic mass is 10.2. The van der Waals surface area contributed by atoms with Gasteiger partial charge in [-0.25, -0.2) is 0 Å². The second kappa shape index (κ2) is 8.23. The lowest BCUT2D eigenvalue weighted by molar-refractivity contribution is -0.142. The molecular weight excluding hydrogens is 266 g/mol. The van der Waals surface area contributed by atoms with Gasteiger partial charge in [-0.15, -0.1) is 0 Å². The number of hydrogen-bond donors (Lipinski definition) is 0. The first-order valence-corrected chi connectivity index (χ1v) is 6.11. The van der Waals surface area contributed by atoms with Crippen molar-refractivity contribution in [3.05, 3.63) is 66.4 Å². The van der Waals surface area contributed by atoms with Crippen LogP contribution in [0.25, 0.3) is 0 Å². The maximum absolute atomic E-state index is 10.7. The molecule has 0 fully saturated rings. The lowest BCUT2D eigenvalue weighted by Gasteiger charge is -2.01. The Bertz CT molecular complexity index is 634. The van der Waals surface area contributed by atoms with Gasteiger partial charge in [0.05, 0.1) is 17.5 Å². The minimum Gasteiger partial charge on any atom is -0.461 e. The van der Waals surface area contributed by atoms with Crippen LogP contribution in [-0.2, 0) is 16.1 Å². The van der Waals surface area contributed by atoms with Crippen molar-refractivity contribution in [2.75, 3.05) is 0 Å². The molecule has 0 atom stereocenters. The Kier molecular flexibility index (Phi) is 6.29. The summed E-state index contributed by atoms with van der Waals surface area (Å²) in [7, 11) is 0. The van der Waals surface area contributed by atoms with Crippen molar-refractivity contribution in [2.24, 2.45) is 10.2 Å². The fourth-order valence-electron chi connectivity index (χ4n) is 1.23. The third-order valence-electron chi connectivity index (χ3n) is 2.29. The predicted octanol–water partition coefficient (Wildman–Crippen LogP) is 3.98. The van der Waals surface area contributed by atoms with E-state index in [4.69, 9.17) is 10.00 Å². The van der Waals surface area contributed by atoms with Crippen molar-refractivity contribution in [1.82, 2.24) is 0 Å². The predicted molar refractivity (Wildman–Crippen MR) is 79.5 cm³/mol. The van der Waals surface area contributed by atoms with E-state index in [1.807, 2.05) is 6.07 Å². The van der Waals surface area contributed by atoms with Crippen LogP contribution in [-0.4, -0.2) is 5.97 Å². The molecule has 21 heavy (non-hydrogen) atoms. The van der Waals surface area contributed by atoms with E-state index in [0.29, 0.717) is 17.0 Å². The van der Waals surface area contributed by atoms with Gasteiger partial charge in [0, 0.05) is 12.5 Å². The van der Waals surface area contributed by atoms with Crippen LogP contribution < -0.4 is 0 Å². The fourth-order valence-corrected chi connectivity index (χ4v) is 1.23. The number of ether oxygens (including phenoxy) is 1. The highest BCUT2D eigenvalue weighted by atomic mass is 16.5. The zero-order valence-corrected chi connectivity index (χ0v) is 11.7. The zero-order valence-electron chi connectivity index (χ0n) is 11.7. The van der Waals surface area contributed by atoms with Crippen LogP contribution in [0.2, 0.25) is 0 Å². The van der Waals surface area contributed by atoms with Gasteiger partial charge in [0.15, 0.2) is 0 Å². The maximum atomic E-state index is 10.7. The van der Waals surface area contributed by atoms with Crippen LogP contribution >= 0.6 is 0 Å². The van der Waals surface area contributed by atoms with E-state index in [1.165, 1.54) is 13.0 Å². The summed E-state index contributed by atoms with van der Waals surface area (Å²) in [4.78, 5) is 10.7. The number of carbonyl (C=O) groups is 1. The molecular formula is C16H15N3O2. The molecule has 5 nitrogen and oxygen atoms in total. The van der Waals surface area contributed by atoms with E-state index >= 15 is 0 Å². The highest BCUT2D eigenvalue weighted by Crippen LogP contribution is 2.15. The summed E-state index contributed by atoms with van der Waals surface area (Å²) < 4.78 is 4.88. The molecule has 0 aliphatic heterocycles. The second-order valence-electron chi connectivity index (χ2n) is 4.11. The number of rotatable bonds is 6. The van der Waals surface area contributed by atoms with Crippen LogP contribution in [0.4, 0.5) is 5.69 Å². The molecule has 0 saturated carbocycles. The summed E-state index contributed by atoms with van der Waals surface area (Å²) in [5.41, 5.74) is 2.25. The average Bonchev–Trinajstić information content (AvgIpc) is 2.49. The van der Waals surface area contributed by atoms with E-state index in [-0.39, 0.29) is 12.6 Å². The molecule has 0 saturated heterocycles. The third kappa shape index (κ3) is 6.64. The lowest BCUT2D eigenvalue weighted by Crippen LogP contribution is -1.98. The molecule has 0 amide bonds. The van der Waals surface area contributed by atoms with Gasteiger partial charge in [0.1, 0.15) is 6.61 Å². The smallest absolute Gasteiger partial charge is 0.302 e. The normalized spacial score (nSPS) is 10.5. The number of esters is 1. The van der Waals surface area contributed by atoms with Gasteiger partial charge >= 0.3 is 5.97 Å². The van der Waals surface area contributed by atoms with Crippen molar-refractivity contribution in [1.29, 1.82) is 5.26 Å². The molecule has 0 radical (unpaired) electrons. The number of carbonyl (C=O) groups excluding carboxylic acids is 1. The van der Waals surface area contributed by atoms with E-state index in [0.717, 1.165) is 5.56 Å². The van der Waals surface area contributed by atoms with Crippen molar-refractivity contribution in [3.8, 4) is 6.07 Å². The first kappa shape index (κ1) is 16.1. The van der Waals surface area contributed by atoms with Crippen molar-refractivity contribution < 1.29 is 9.53 Å². The standard InChI is InChI=1S/C16H15N3O2/c1-12(10-17)4-5-13(2)18-19-16-8-6-15(7-9-16)11-21-14(3)20/h4-9H,1-2,11H2,3H3/b5-4-,19-18?.